The van der Waals surface area contributed by atoms with E-state index in [1.807, 2.05) is 0 Å². The smallest absolute Gasteiger partial charge is 0.331 e. The van der Waals surface area contributed by atoms with Crippen LogP contribution in [-0.2, 0) is 4.79 Å². The van der Waals surface area contributed by atoms with E-state index in [1.165, 1.54) is 0 Å². The van der Waals surface area contributed by atoms with Crippen LogP contribution < -0.4 is 0 Å². The predicted octanol–water partition coefficient (Wildman–Crippen LogP) is 2.21. The largest absolute Gasteiger partial charge is 0.478 e. The van der Waals surface area contributed by atoms with Gasteiger partial charge in [-0.2, -0.15) is 0 Å². The Morgan fingerprint density at radius 3 is 2.45 bits per heavy atom. The zero-order chi connectivity index (χ0) is 8.43. The van der Waals surface area contributed by atoms with Gasteiger partial charge in [-0.05, 0) is 25.2 Å². The van der Waals surface area contributed by atoms with Gasteiger partial charge in [0.1, 0.15) is 0 Å². The lowest BCUT2D eigenvalue weighted by atomic mass is 9.83. The van der Waals surface area contributed by atoms with E-state index in [9.17, 15) is 4.79 Å². The molecule has 0 radical (unpaired) electrons. The summed E-state index contributed by atoms with van der Waals surface area (Å²) in [4.78, 5) is 10.5. The highest BCUT2D eigenvalue weighted by atomic mass is 16.4. The number of aliphatic carboxylic acids is 1. The average molecular weight is 154 g/mol. The van der Waals surface area contributed by atoms with E-state index >= 15 is 0 Å². The summed E-state index contributed by atoms with van der Waals surface area (Å²) in [6, 6.07) is 0. The van der Waals surface area contributed by atoms with E-state index in [2.05, 4.69) is 13.8 Å². The van der Waals surface area contributed by atoms with Crippen molar-refractivity contribution >= 4 is 5.97 Å². The maximum Gasteiger partial charge on any atom is 0.331 e. The van der Waals surface area contributed by atoms with Crippen molar-refractivity contribution in [2.45, 2.75) is 33.1 Å². The van der Waals surface area contributed by atoms with E-state index in [4.69, 9.17) is 5.11 Å². The highest BCUT2D eigenvalue weighted by Gasteiger charge is 2.22. The molecular weight excluding hydrogens is 140 g/mol. The maximum atomic E-state index is 10.5. The van der Waals surface area contributed by atoms with Crippen LogP contribution in [0, 0.1) is 5.92 Å². The Labute approximate surface area is 66.9 Å². The summed E-state index contributed by atoms with van der Waals surface area (Å²) in [5.41, 5.74) is 1.83. The number of hydrogen-bond acceptors (Lipinski definition) is 1. The third kappa shape index (κ3) is 1.82. The van der Waals surface area contributed by atoms with Crippen molar-refractivity contribution in [2.24, 2.45) is 5.92 Å². The van der Waals surface area contributed by atoms with Gasteiger partial charge in [0.15, 0.2) is 0 Å². The van der Waals surface area contributed by atoms with Crippen LogP contribution in [0.1, 0.15) is 33.1 Å². The SMILES string of the molecule is CC(C)CC1=C(C(=O)O)CC1. The summed E-state index contributed by atoms with van der Waals surface area (Å²) < 4.78 is 0. The molecule has 2 nitrogen and oxygen atoms in total. The van der Waals surface area contributed by atoms with Gasteiger partial charge in [-0.1, -0.05) is 19.4 Å². The highest BCUT2D eigenvalue weighted by Crippen LogP contribution is 2.32. The van der Waals surface area contributed by atoms with Gasteiger partial charge in [0.2, 0.25) is 0 Å². The first-order valence-electron chi connectivity index (χ1n) is 4.05. The second-order valence-electron chi connectivity index (χ2n) is 3.49. The standard InChI is InChI=1S/C9H14O2/c1-6(2)5-7-3-4-8(7)9(10)11/h6H,3-5H2,1-2H3,(H,10,11). The van der Waals surface area contributed by atoms with Crippen molar-refractivity contribution < 1.29 is 9.90 Å². The minimum absolute atomic E-state index is 0.583. The first kappa shape index (κ1) is 8.31. The fraction of sp³-hybridized carbons (Fsp3) is 0.667. The second kappa shape index (κ2) is 3.07. The Kier molecular flexibility index (Phi) is 2.32. The Hall–Kier alpha value is -0.790. The van der Waals surface area contributed by atoms with Crippen LogP contribution in [0.5, 0.6) is 0 Å². The Bertz CT molecular complexity index is 202. The van der Waals surface area contributed by atoms with Crippen LogP contribution in [0.4, 0.5) is 0 Å². The van der Waals surface area contributed by atoms with Crippen molar-refractivity contribution in [1.29, 1.82) is 0 Å². The van der Waals surface area contributed by atoms with E-state index in [0.717, 1.165) is 24.8 Å². The van der Waals surface area contributed by atoms with Gasteiger partial charge in [0.25, 0.3) is 0 Å². The molecule has 0 bridgehead atoms. The summed E-state index contributed by atoms with van der Waals surface area (Å²) in [6.45, 7) is 4.23. The molecule has 0 fully saturated rings. The minimum Gasteiger partial charge on any atom is -0.478 e. The molecule has 0 aliphatic heterocycles. The minimum atomic E-state index is -0.716. The van der Waals surface area contributed by atoms with Crippen molar-refractivity contribution in [3.8, 4) is 0 Å². The number of rotatable bonds is 3. The summed E-state index contributed by atoms with van der Waals surface area (Å²) in [5.74, 6) is -0.133. The van der Waals surface area contributed by atoms with Crippen molar-refractivity contribution in [3.63, 3.8) is 0 Å². The number of carboxylic acid groups (broad SMARTS) is 1. The van der Waals surface area contributed by atoms with Crippen molar-refractivity contribution in [2.75, 3.05) is 0 Å². The van der Waals surface area contributed by atoms with Gasteiger partial charge in [0.05, 0.1) is 0 Å². The quantitative estimate of drug-likeness (QED) is 0.676. The molecule has 11 heavy (non-hydrogen) atoms. The molecule has 1 rings (SSSR count). The third-order valence-corrected chi connectivity index (χ3v) is 2.02. The van der Waals surface area contributed by atoms with Crippen molar-refractivity contribution in [3.05, 3.63) is 11.1 Å². The fourth-order valence-electron chi connectivity index (χ4n) is 1.40. The predicted molar refractivity (Wildman–Crippen MR) is 43.4 cm³/mol. The van der Waals surface area contributed by atoms with Crippen LogP contribution in [0.3, 0.4) is 0 Å². The first-order valence-corrected chi connectivity index (χ1v) is 4.05. The molecule has 0 aromatic rings. The molecule has 0 amide bonds. The highest BCUT2D eigenvalue weighted by molar-refractivity contribution is 5.89. The Morgan fingerprint density at radius 2 is 2.18 bits per heavy atom. The van der Waals surface area contributed by atoms with Crippen LogP contribution in [0.15, 0.2) is 11.1 Å². The summed E-state index contributed by atoms with van der Waals surface area (Å²) in [6.07, 6.45) is 2.73. The Morgan fingerprint density at radius 1 is 1.55 bits per heavy atom. The van der Waals surface area contributed by atoms with Crippen molar-refractivity contribution in [1.82, 2.24) is 0 Å². The molecule has 1 aliphatic rings. The van der Waals surface area contributed by atoms with E-state index in [1.54, 1.807) is 0 Å². The van der Waals surface area contributed by atoms with Crippen LogP contribution in [-0.4, -0.2) is 11.1 Å². The summed E-state index contributed by atoms with van der Waals surface area (Å²) in [5, 5.41) is 8.66. The summed E-state index contributed by atoms with van der Waals surface area (Å²) in [7, 11) is 0. The van der Waals surface area contributed by atoms with Crippen LogP contribution in [0.2, 0.25) is 0 Å². The van der Waals surface area contributed by atoms with E-state index in [0.29, 0.717) is 11.5 Å². The molecular formula is C9H14O2. The number of carboxylic acids is 1. The molecule has 1 aliphatic carbocycles. The van der Waals surface area contributed by atoms with Crippen LogP contribution in [0.25, 0.3) is 0 Å². The van der Waals surface area contributed by atoms with Gasteiger partial charge in [-0.25, -0.2) is 4.79 Å². The molecule has 0 spiro atoms. The molecule has 0 saturated heterocycles. The van der Waals surface area contributed by atoms with E-state index < -0.39 is 5.97 Å². The van der Waals surface area contributed by atoms with Gasteiger partial charge < -0.3 is 5.11 Å². The molecule has 62 valence electrons. The number of carbonyl (C=O) groups is 1. The lowest BCUT2D eigenvalue weighted by Crippen LogP contribution is -2.14. The number of allylic oxidation sites excluding steroid dienone is 1. The Balaban J connectivity index is 2.58. The topological polar surface area (TPSA) is 37.3 Å². The zero-order valence-corrected chi connectivity index (χ0v) is 7.05. The average Bonchev–Trinajstić information content (AvgIpc) is 1.78. The molecule has 0 unspecified atom stereocenters. The molecule has 0 aromatic heterocycles. The molecule has 2 heteroatoms. The van der Waals surface area contributed by atoms with Crippen LogP contribution >= 0.6 is 0 Å². The van der Waals surface area contributed by atoms with E-state index in [-0.39, 0.29) is 0 Å². The van der Waals surface area contributed by atoms with Gasteiger partial charge >= 0.3 is 5.97 Å². The maximum absolute atomic E-state index is 10.5. The lowest BCUT2D eigenvalue weighted by molar-refractivity contribution is -0.133. The number of hydrogen-bond donors (Lipinski definition) is 1. The lowest BCUT2D eigenvalue weighted by Gasteiger charge is -2.21. The third-order valence-electron chi connectivity index (χ3n) is 2.02. The molecule has 0 atom stereocenters. The first-order chi connectivity index (χ1) is 5.11. The zero-order valence-electron chi connectivity index (χ0n) is 7.05. The summed E-state index contributed by atoms with van der Waals surface area (Å²) >= 11 is 0. The second-order valence-corrected chi connectivity index (χ2v) is 3.49. The molecule has 0 heterocycles. The van der Waals surface area contributed by atoms with Gasteiger partial charge in [-0.15, -0.1) is 0 Å². The van der Waals surface area contributed by atoms with Gasteiger partial charge in [0, 0.05) is 5.57 Å². The normalized spacial score (nSPS) is 17.0. The molecule has 0 saturated carbocycles. The molecule has 0 aromatic carbocycles. The van der Waals surface area contributed by atoms with Gasteiger partial charge in [-0.3, -0.25) is 0 Å². The molecule has 1 N–H and O–H groups in total. The monoisotopic (exact) mass is 154 g/mol. The fourth-order valence-corrected chi connectivity index (χ4v) is 1.40.